The molecule has 0 aliphatic rings. The third-order valence-electron chi connectivity index (χ3n) is 17.2. The van der Waals surface area contributed by atoms with E-state index >= 15 is 0 Å². The number of nitrogens with zero attached hydrogens (tertiary/aromatic N) is 1. The van der Waals surface area contributed by atoms with E-state index in [1.807, 2.05) is 27.2 Å². The first kappa shape index (κ1) is 84.9. The van der Waals surface area contributed by atoms with Crippen LogP contribution < -0.4 is 5.32 Å². The van der Waals surface area contributed by atoms with Gasteiger partial charge in [-0.2, -0.15) is 0 Å². The molecule has 87 heavy (non-hydrogen) atoms. The fourth-order valence-corrected chi connectivity index (χ4v) is 12.1. The van der Waals surface area contributed by atoms with E-state index in [9.17, 15) is 19.4 Å². The van der Waals surface area contributed by atoms with E-state index in [2.05, 4.69) is 79.9 Å². The van der Waals surface area contributed by atoms with Crippen LogP contribution >= 0.6 is 7.82 Å². The summed E-state index contributed by atoms with van der Waals surface area (Å²) in [6.45, 7) is 4.73. The highest BCUT2D eigenvalue weighted by atomic mass is 31.2. The predicted octanol–water partition coefficient (Wildman–Crippen LogP) is 24.5. The standard InChI is InChI=1S/C78H147N2O6P/c1-6-8-10-12-14-16-18-20-22-24-26-28-30-32-34-36-38-40-42-44-46-48-50-52-54-56-58-60-62-64-66-68-70-72-78(82)79-76(75-86-87(83,84)85-74-73-80(3,4)5)77(81)71-69-67-65-63-61-59-57-55-53-51-49-47-45-43-41-39-37-35-33-31-29-27-25-23-21-19-17-15-13-11-9-7-2/h8,10,14,16,20,22,26,28,61,63,69,71,76-77,81H,6-7,9,11-13,15,17-19,21,23-25,27,29-60,62,64-68,70,72-75H2,1-5H3,(H-,79,82,83,84)/p+1/b10-8-,16-14-,22-20-,28-26-,63-61+,71-69+. The summed E-state index contributed by atoms with van der Waals surface area (Å²) in [7, 11) is 1.57. The lowest BCUT2D eigenvalue weighted by Gasteiger charge is -2.25. The number of phosphoric ester groups is 1. The Bertz CT molecular complexity index is 1650. The summed E-state index contributed by atoms with van der Waals surface area (Å²) >= 11 is 0. The number of hydrogen-bond acceptors (Lipinski definition) is 5. The van der Waals surface area contributed by atoms with E-state index in [1.54, 1.807) is 6.08 Å². The molecule has 0 rings (SSSR count). The zero-order valence-electron chi connectivity index (χ0n) is 58.5. The third-order valence-corrected chi connectivity index (χ3v) is 18.1. The van der Waals surface area contributed by atoms with Crippen LogP contribution in [0.4, 0.5) is 0 Å². The Labute approximate surface area is 542 Å². The van der Waals surface area contributed by atoms with Crippen LogP contribution in [0.3, 0.4) is 0 Å². The van der Waals surface area contributed by atoms with Gasteiger partial charge in [-0.3, -0.25) is 13.8 Å². The first-order chi connectivity index (χ1) is 42.5. The highest BCUT2D eigenvalue weighted by molar-refractivity contribution is 7.47. The van der Waals surface area contributed by atoms with Crippen LogP contribution in [0, 0.1) is 0 Å². The molecule has 0 aliphatic heterocycles. The van der Waals surface area contributed by atoms with Crippen molar-refractivity contribution in [3.8, 4) is 0 Å². The van der Waals surface area contributed by atoms with Gasteiger partial charge in [0.1, 0.15) is 13.2 Å². The number of carbonyl (C=O) groups excluding carboxylic acids is 1. The van der Waals surface area contributed by atoms with Gasteiger partial charge in [0.15, 0.2) is 0 Å². The first-order valence-corrected chi connectivity index (χ1v) is 39.3. The molecular weight excluding hydrogens is 1090 g/mol. The second kappa shape index (κ2) is 68.3. The maximum absolute atomic E-state index is 13.1. The van der Waals surface area contributed by atoms with Gasteiger partial charge in [-0.1, -0.05) is 363 Å². The second-order valence-corrected chi connectivity index (χ2v) is 28.4. The normalized spacial score (nSPS) is 14.0. The molecule has 510 valence electrons. The largest absolute Gasteiger partial charge is 0.472 e. The lowest BCUT2D eigenvalue weighted by Crippen LogP contribution is -2.45. The van der Waals surface area contributed by atoms with E-state index in [4.69, 9.17) is 9.05 Å². The molecule has 0 aliphatic carbocycles. The minimum atomic E-state index is -4.37. The molecule has 0 aromatic heterocycles. The van der Waals surface area contributed by atoms with Gasteiger partial charge >= 0.3 is 7.82 Å². The molecule has 3 N–H and O–H groups in total. The minimum absolute atomic E-state index is 0.0561. The molecule has 0 saturated carbocycles. The zero-order valence-corrected chi connectivity index (χ0v) is 59.4. The molecule has 0 aromatic rings. The van der Waals surface area contributed by atoms with Gasteiger partial charge in [-0.15, -0.1) is 0 Å². The molecule has 0 fully saturated rings. The van der Waals surface area contributed by atoms with E-state index in [0.29, 0.717) is 17.4 Å². The Kier molecular flexibility index (Phi) is 66.7. The van der Waals surface area contributed by atoms with Crippen molar-refractivity contribution in [1.29, 1.82) is 0 Å². The molecule has 0 saturated heterocycles. The number of carbonyl (C=O) groups is 1. The highest BCUT2D eigenvalue weighted by Crippen LogP contribution is 2.43. The molecule has 1 amide bonds. The Balaban J connectivity index is 4.03. The predicted molar refractivity (Wildman–Crippen MR) is 383 cm³/mol. The molecular formula is C78H148N2O6P+. The Morgan fingerprint density at radius 2 is 0.701 bits per heavy atom. The molecule has 9 heteroatoms. The van der Waals surface area contributed by atoms with Crippen LogP contribution in [-0.2, 0) is 18.4 Å². The molecule has 0 heterocycles. The van der Waals surface area contributed by atoms with Crippen LogP contribution in [0.25, 0.3) is 0 Å². The van der Waals surface area contributed by atoms with Gasteiger partial charge in [0, 0.05) is 6.42 Å². The average Bonchev–Trinajstić information content (AvgIpc) is 3.71. The molecule has 0 radical (unpaired) electrons. The van der Waals surface area contributed by atoms with Gasteiger partial charge in [-0.25, -0.2) is 4.57 Å². The number of allylic oxidation sites excluding steroid dienone is 11. The van der Waals surface area contributed by atoms with Crippen LogP contribution in [0.15, 0.2) is 72.9 Å². The number of nitrogens with one attached hydrogen (secondary N) is 1. The zero-order chi connectivity index (χ0) is 63.4. The molecule has 8 nitrogen and oxygen atoms in total. The maximum Gasteiger partial charge on any atom is 0.472 e. The summed E-state index contributed by atoms with van der Waals surface area (Å²) in [5.74, 6) is -0.181. The fourth-order valence-electron chi connectivity index (χ4n) is 11.3. The number of amides is 1. The van der Waals surface area contributed by atoms with E-state index in [-0.39, 0.29) is 19.1 Å². The Morgan fingerprint density at radius 1 is 0.402 bits per heavy atom. The van der Waals surface area contributed by atoms with Crippen LogP contribution in [-0.4, -0.2) is 73.4 Å². The summed E-state index contributed by atoms with van der Waals surface area (Å²) in [6.07, 6.45) is 96.6. The van der Waals surface area contributed by atoms with Crippen molar-refractivity contribution in [3.63, 3.8) is 0 Å². The summed E-state index contributed by atoms with van der Waals surface area (Å²) in [4.78, 5) is 23.5. The monoisotopic (exact) mass is 1240 g/mol. The first-order valence-electron chi connectivity index (χ1n) is 37.8. The fraction of sp³-hybridized carbons (Fsp3) is 0.833. The summed E-state index contributed by atoms with van der Waals surface area (Å²) < 4.78 is 23.8. The average molecular weight is 1240 g/mol. The number of hydrogen-bond donors (Lipinski definition) is 3. The smallest absolute Gasteiger partial charge is 0.387 e. The number of quaternary nitrogens is 1. The van der Waals surface area contributed by atoms with Crippen molar-refractivity contribution >= 4 is 13.7 Å². The minimum Gasteiger partial charge on any atom is -0.387 e. The topological polar surface area (TPSA) is 105 Å². The number of phosphoric acid groups is 1. The number of likely N-dealkylation sites (N-methyl/N-ethyl adjacent to an activating group) is 1. The van der Waals surface area contributed by atoms with Crippen LogP contribution in [0.2, 0.25) is 0 Å². The van der Waals surface area contributed by atoms with Crippen molar-refractivity contribution in [2.45, 2.75) is 379 Å². The van der Waals surface area contributed by atoms with E-state index in [1.165, 1.54) is 283 Å². The Morgan fingerprint density at radius 3 is 1.06 bits per heavy atom. The SMILES string of the molecule is CC/C=C\C/C=C\C/C=C\C/C=C\CCCCCCCCCCCCCCCCCCCCCCC(=O)NC(COP(=O)(O)OCC[N+](C)(C)C)C(O)/C=C/CC/C=C/CCCCCCCCCCCCCCCCCCCCCCCCCCCC. The van der Waals surface area contributed by atoms with Crippen molar-refractivity contribution in [2.24, 2.45) is 0 Å². The highest BCUT2D eigenvalue weighted by Gasteiger charge is 2.28. The van der Waals surface area contributed by atoms with E-state index in [0.717, 1.165) is 64.2 Å². The third kappa shape index (κ3) is 71.2. The van der Waals surface area contributed by atoms with Crippen molar-refractivity contribution < 1.29 is 32.9 Å². The number of unbranched alkanes of at least 4 members (excludes halogenated alkanes) is 47. The summed E-state index contributed by atoms with van der Waals surface area (Å²) in [5.41, 5.74) is 0. The van der Waals surface area contributed by atoms with Crippen LogP contribution in [0.5, 0.6) is 0 Å². The molecule has 3 unspecified atom stereocenters. The Hall–Kier alpha value is -2.06. The van der Waals surface area contributed by atoms with Gasteiger partial charge in [0.25, 0.3) is 0 Å². The number of aliphatic hydroxyl groups excluding tert-OH is 1. The lowest BCUT2D eigenvalue weighted by molar-refractivity contribution is -0.870. The van der Waals surface area contributed by atoms with Crippen molar-refractivity contribution in [2.75, 3.05) is 40.9 Å². The summed E-state index contributed by atoms with van der Waals surface area (Å²) in [6, 6.07) is -0.867. The second-order valence-electron chi connectivity index (χ2n) is 27.0. The number of aliphatic hydroxyl groups is 1. The molecule has 0 bridgehead atoms. The summed E-state index contributed by atoms with van der Waals surface area (Å²) in [5, 5.41) is 14.0. The van der Waals surface area contributed by atoms with Gasteiger partial charge < -0.3 is 19.8 Å². The molecule has 0 spiro atoms. The number of rotatable bonds is 70. The van der Waals surface area contributed by atoms with Gasteiger partial charge in [0.2, 0.25) is 5.91 Å². The van der Waals surface area contributed by atoms with Crippen molar-refractivity contribution in [3.05, 3.63) is 72.9 Å². The molecule has 0 aromatic carbocycles. The quantitative estimate of drug-likeness (QED) is 0.0243. The molecule has 3 atom stereocenters. The van der Waals surface area contributed by atoms with Gasteiger partial charge in [0.05, 0.1) is 39.9 Å². The van der Waals surface area contributed by atoms with Gasteiger partial charge in [-0.05, 0) is 70.6 Å². The van der Waals surface area contributed by atoms with E-state index < -0.39 is 20.0 Å². The van der Waals surface area contributed by atoms with Crippen molar-refractivity contribution in [1.82, 2.24) is 5.32 Å². The van der Waals surface area contributed by atoms with Crippen LogP contribution in [0.1, 0.15) is 367 Å². The maximum atomic E-state index is 13.1. The lowest BCUT2D eigenvalue weighted by atomic mass is 10.0.